The van der Waals surface area contributed by atoms with E-state index in [2.05, 4.69) is 17.1 Å². The molecule has 0 saturated carbocycles. The Hall–Kier alpha value is -1.44. The molecular weight excluding hydrogens is 314 g/mol. The van der Waals surface area contributed by atoms with Gasteiger partial charge in [0.25, 0.3) is 5.91 Å². The number of hydrogen-bond donors (Lipinski definition) is 1. The molecule has 0 spiro atoms. The fourth-order valence-electron chi connectivity index (χ4n) is 2.74. The SMILES string of the molecule is COC[C@@H](C)N1CCN(C(=O)[C@@H](C)NC(=O)c2cccs2)CC1. The van der Waals surface area contributed by atoms with E-state index in [-0.39, 0.29) is 11.8 Å². The van der Waals surface area contributed by atoms with E-state index in [1.54, 1.807) is 20.1 Å². The molecule has 2 rings (SSSR count). The molecule has 0 aromatic carbocycles. The van der Waals surface area contributed by atoms with Crippen molar-refractivity contribution < 1.29 is 14.3 Å². The van der Waals surface area contributed by atoms with Gasteiger partial charge in [0.15, 0.2) is 0 Å². The maximum absolute atomic E-state index is 12.5. The van der Waals surface area contributed by atoms with Crippen molar-refractivity contribution in [2.75, 3.05) is 39.9 Å². The summed E-state index contributed by atoms with van der Waals surface area (Å²) in [6.45, 7) is 7.61. The summed E-state index contributed by atoms with van der Waals surface area (Å²) in [6, 6.07) is 3.43. The number of methoxy groups -OCH3 is 1. The number of amides is 2. The van der Waals surface area contributed by atoms with Crippen molar-refractivity contribution in [3.8, 4) is 0 Å². The molecule has 6 nitrogen and oxygen atoms in total. The second kappa shape index (κ2) is 8.42. The van der Waals surface area contributed by atoms with Gasteiger partial charge >= 0.3 is 0 Å². The number of carbonyl (C=O) groups excluding carboxylic acids is 2. The molecule has 23 heavy (non-hydrogen) atoms. The molecule has 0 unspecified atom stereocenters. The first kappa shape index (κ1) is 17.9. The van der Waals surface area contributed by atoms with E-state index in [9.17, 15) is 9.59 Å². The van der Waals surface area contributed by atoms with E-state index >= 15 is 0 Å². The lowest BCUT2D eigenvalue weighted by molar-refractivity contribution is -0.135. The lowest BCUT2D eigenvalue weighted by atomic mass is 10.2. The zero-order valence-corrected chi connectivity index (χ0v) is 14.8. The van der Waals surface area contributed by atoms with Crippen molar-refractivity contribution >= 4 is 23.2 Å². The van der Waals surface area contributed by atoms with Gasteiger partial charge in [-0.2, -0.15) is 0 Å². The summed E-state index contributed by atoms with van der Waals surface area (Å²) in [5.74, 6) is -0.206. The molecule has 128 valence electrons. The Kier molecular flexibility index (Phi) is 6.56. The van der Waals surface area contributed by atoms with Gasteiger partial charge in [-0.15, -0.1) is 11.3 Å². The van der Waals surface area contributed by atoms with Gasteiger partial charge in [0.2, 0.25) is 5.91 Å². The molecule has 1 aromatic heterocycles. The van der Waals surface area contributed by atoms with Crippen LogP contribution in [0.15, 0.2) is 17.5 Å². The van der Waals surface area contributed by atoms with Crippen LogP contribution < -0.4 is 5.32 Å². The van der Waals surface area contributed by atoms with E-state index in [1.807, 2.05) is 16.3 Å². The highest BCUT2D eigenvalue weighted by molar-refractivity contribution is 7.12. The van der Waals surface area contributed by atoms with E-state index in [4.69, 9.17) is 4.74 Å². The van der Waals surface area contributed by atoms with Gasteiger partial charge < -0.3 is 15.0 Å². The molecule has 1 aliphatic heterocycles. The van der Waals surface area contributed by atoms with Crippen LogP contribution in [0.5, 0.6) is 0 Å². The normalized spacial score (nSPS) is 18.5. The van der Waals surface area contributed by atoms with Gasteiger partial charge in [-0.3, -0.25) is 14.5 Å². The third-order valence-electron chi connectivity index (χ3n) is 4.12. The highest BCUT2D eigenvalue weighted by Gasteiger charge is 2.27. The van der Waals surface area contributed by atoms with Crippen LogP contribution in [0.3, 0.4) is 0 Å². The zero-order chi connectivity index (χ0) is 16.8. The molecule has 1 fully saturated rings. The van der Waals surface area contributed by atoms with Crippen LogP contribution in [-0.2, 0) is 9.53 Å². The molecule has 2 atom stereocenters. The predicted molar refractivity (Wildman–Crippen MR) is 90.7 cm³/mol. The number of carbonyl (C=O) groups is 2. The maximum atomic E-state index is 12.5. The Balaban J connectivity index is 1.81. The van der Waals surface area contributed by atoms with Crippen LogP contribution in [0.4, 0.5) is 0 Å². The quantitative estimate of drug-likeness (QED) is 0.841. The first-order valence-corrected chi connectivity index (χ1v) is 8.77. The number of nitrogens with one attached hydrogen (secondary N) is 1. The fraction of sp³-hybridized carbons (Fsp3) is 0.625. The lowest BCUT2D eigenvalue weighted by Crippen LogP contribution is -2.56. The van der Waals surface area contributed by atoms with E-state index in [0.29, 0.717) is 30.6 Å². The van der Waals surface area contributed by atoms with Crippen LogP contribution in [0.25, 0.3) is 0 Å². The average molecular weight is 339 g/mol. The first-order chi connectivity index (χ1) is 11.0. The third-order valence-corrected chi connectivity index (χ3v) is 4.99. The molecule has 7 heteroatoms. The first-order valence-electron chi connectivity index (χ1n) is 7.89. The van der Waals surface area contributed by atoms with E-state index in [0.717, 1.165) is 13.1 Å². The second-order valence-corrected chi connectivity index (χ2v) is 6.79. The molecule has 0 radical (unpaired) electrons. The van der Waals surface area contributed by atoms with Crippen LogP contribution in [0.2, 0.25) is 0 Å². The number of rotatable bonds is 6. The Labute approximate surface area is 141 Å². The molecule has 2 heterocycles. The summed E-state index contributed by atoms with van der Waals surface area (Å²) in [5, 5.41) is 4.63. The molecule has 2 amide bonds. The van der Waals surface area contributed by atoms with Crippen LogP contribution in [-0.4, -0.2) is 73.6 Å². The smallest absolute Gasteiger partial charge is 0.261 e. The Morgan fingerprint density at radius 2 is 2.00 bits per heavy atom. The number of hydrogen-bond acceptors (Lipinski definition) is 5. The second-order valence-electron chi connectivity index (χ2n) is 5.84. The third kappa shape index (κ3) is 4.76. The molecule has 1 N–H and O–H groups in total. The van der Waals surface area contributed by atoms with Crippen LogP contribution in [0.1, 0.15) is 23.5 Å². The number of nitrogens with zero attached hydrogens (tertiary/aromatic N) is 2. The van der Waals surface area contributed by atoms with Crippen molar-refractivity contribution in [2.24, 2.45) is 0 Å². The lowest BCUT2D eigenvalue weighted by Gasteiger charge is -2.38. The topological polar surface area (TPSA) is 61.9 Å². The summed E-state index contributed by atoms with van der Waals surface area (Å²) < 4.78 is 5.18. The summed E-state index contributed by atoms with van der Waals surface area (Å²) in [5.41, 5.74) is 0. The maximum Gasteiger partial charge on any atom is 0.261 e. The van der Waals surface area contributed by atoms with Crippen molar-refractivity contribution in [3.05, 3.63) is 22.4 Å². The van der Waals surface area contributed by atoms with Gasteiger partial charge in [0.05, 0.1) is 11.5 Å². The Morgan fingerprint density at radius 1 is 1.30 bits per heavy atom. The van der Waals surface area contributed by atoms with Gasteiger partial charge in [-0.1, -0.05) is 6.07 Å². The molecule has 0 aliphatic carbocycles. The predicted octanol–water partition coefficient (Wildman–Crippen LogP) is 1.05. The fourth-order valence-corrected chi connectivity index (χ4v) is 3.37. The summed E-state index contributed by atoms with van der Waals surface area (Å²) in [7, 11) is 1.70. The van der Waals surface area contributed by atoms with Crippen molar-refractivity contribution in [3.63, 3.8) is 0 Å². The minimum absolute atomic E-state index is 0.0195. The summed E-state index contributed by atoms with van der Waals surface area (Å²) in [4.78, 5) is 29.3. The zero-order valence-electron chi connectivity index (χ0n) is 13.9. The number of ether oxygens (including phenoxy) is 1. The van der Waals surface area contributed by atoms with Gasteiger partial charge in [-0.25, -0.2) is 0 Å². The average Bonchev–Trinajstić information content (AvgIpc) is 3.09. The summed E-state index contributed by atoms with van der Waals surface area (Å²) in [6.07, 6.45) is 0. The van der Waals surface area contributed by atoms with E-state index in [1.165, 1.54) is 11.3 Å². The van der Waals surface area contributed by atoms with Crippen molar-refractivity contribution in [1.29, 1.82) is 0 Å². The van der Waals surface area contributed by atoms with E-state index < -0.39 is 6.04 Å². The van der Waals surface area contributed by atoms with Gasteiger partial charge in [-0.05, 0) is 25.3 Å². The Morgan fingerprint density at radius 3 is 2.57 bits per heavy atom. The monoisotopic (exact) mass is 339 g/mol. The van der Waals surface area contributed by atoms with Gasteiger partial charge in [0.1, 0.15) is 6.04 Å². The van der Waals surface area contributed by atoms with Crippen LogP contribution in [0, 0.1) is 0 Å². The highest BCUT2D eigenvalue weighted by atomic mass is 32.1. The standard InChI is InChI=1S/C16H25N3O3S/c1-12(11-22-3)18-6-8-19(9-7-18)16(21)13(2)17-15(20)14-5-4-10-23-14/h4-5,10,12-13H,6-9,11H2,1-3H3,(H,17,20)/t12-,13-/m1/s1. The molecular formula is C16H25N3O3S. The molecule has 1 aromatic rings. The largest absolute Gasteiger partial charge is 0.383 e. The minimum Gasteiger partial charge on any atom is -0.383 e. The molecule has 0 bridgehead atoms. The van der Waals surface area contributed by atoms with Crippen molar-refractivity contribution in [1.82, 2.24) is 15.1 Å². The summed E-state index contributed by atoms with van der Waals surface area (Å²) >= 11 is 1.37. The number of piperazine rings is 1. The van der Waals surface area contributed by atoms with Crippen molar-refractivity contribution in [2.45, 2.75) is 25.9 Å². The molecule has 1 saturated heterocycles. The number of thiophene rings is 1. The minimum atomic E-state index is -0.507. The van der Waals surface area contributed by atoms with Gasteiger partial charge in [0, 0.05) is 39.3 Å². The Bertz CT molecular complexity index is 513. The highest BCUT2D eigenvalue weighted by Crippen LogP contribution is 2.10. The molecule has 1 aliphatic rings. The van der Waals surface area contributed by atoms with Crippen LogP contribution >= 0.6 is 11.3 Å².